The first-order valence-electron chi connectivity index (χ1n) is 7.75. The molecule has 0 aliphatic heterocycles. The van der Waals surface area contributed by atoms with Crippen LogP contribution in [0, 0.1) is 5.41 Å². The standard InChI is InChI=1S/C19H25NO4/c1-5-10-16(19(3,13-6-2)17(21)23-4)20-18(22)24-14-15-11-8-7-9-12-15/h5-9,11-12,16H,1-2,10,13-14H2,3-4H3,(H,20,22)/t16-,19+/m1/s1. The summed E-state index contributed by atoms with van der Waals surface area (Å²) in [7, 11) is 1.32. The van der Waals surface area contributed by atoms with Crippen molar-refractivity contribution in [3.63, 3.8) is 0 Å². The fourth-order valence-electron chi connectivity index (χ4n) is 2.45. The van der Waals surface area contributed by atoms with Gasteiger partial charge in [-0.3, -0.25) is 4.79 Å². The van der Waals surface area contributed by atoms with Crippen molar-refractivity contribution in [2.24, 2.45) is 5.41 Å². The molecule has 24 heavy (non-hydrogen) atoms. The molecule has 0 spiro atoms. The summed E-state index contributed by atoms with van der Waals surface area (Å²) in [6.45, 7) is 9.26. The second-order valence-electron chi connectivity index (χ2n) is 5.68. The highest BCUT2D eigenvalue weighted by molar-refractivity contribution is 5.79. The molecule has 1 aromatic carbocycles. The number of esters is 1. The van der Waals surface area contributed by atoms with Crippen LogP contribution >= 0.6 is 0 Å². The molecule has 5 nitrogen and oxygen atoms in total. The molecule has 130 valence electrons. The highest BCUT2D eigenvalue weighted by Gasteiger charge is 2.42. The molecule has 0 bridgehead atoms. The Morgan fingerprint density at radius 1 is 1.25 bits per heavy atom. The lowest BCUT2D eigenvalue weighted by atomic mass is 9.77. The Labute approximate surface area is 143 Å². The molecule has 0 aliphatic carbocycles. The predicted octanol–water partition coefficient (Wildman–Crippen LogP) is 3.61. The van der Waals surface area contributed by atoms with Crippen molar-refractivity contribution in [2.45, 2.75) is 32.4 Å². The van der Waals surface area contributed by atoms with Crippen LogP contribution in [0.2, 0.25) is 0 Å². The SMILES string of the molecule is C=CC[C@@H](NC(=O)OCc1ccccc1)[C@](C)(CC=C)C(=O)OC. The van der Waals surface area contributed by atoms with Crippen LogP contribution in [0.25, 0.3) is 0 Å². The van der Waals surface area contributed by atoms with Gasteiger partial charge in [0.25, 0.3) is 0 Å². The van der Waals surface area contributed by atoms with Crippen LogP contribution in [0.15, 0.2) is 55.6 Å². The van der Waals surface area contributed by atoms with Crippen LogP contribution in [0.1, 0.15) is 25.3 Å². The Kier molecular flexibility index (Phi) is 7.75. The molecule has 0 radical (unpaired) electrons. The van der Waals surface area contributed by atoms with Gasteiger partial charge in [0.1, 0.15) is 6.61 Å². The molecule has 1 rings (SSSR count). The minimum Gasteiger partial charge on any atom is -0.469 e. The van der Waals surface area contributed by atoms with Crippen LogP contribution in [0.5, 0.6) is 0 Å². The van der Waals surface area contributed by atoms with Gasteiger partial charge in [0.2, 0.25) is 0 Å². The Bertz CT molecular complexity index is 570. The van der Waals surface area contributed by atoms with E-state index in [-0.39, 0.29) is 6.61 Å². The van der Waals surface area contributed by atoms with Gasteiger partial charge in [0, 0.05) is 0 Å². The summed E-state index contributed by atoms with van der Waals surface area (Å²) < 4.78 is 10.1. The zero-order chi connectivity index (χ0) is 18.0. The van der Waals surface area contributed by atoms with Gasteiger partial charge in [-0.15, -0.1) is 13.2 Å². The number of allylic oxidation sites excluding steroid dienone is 1. The van der Waals surface area contributed by atoms with Crippen molar-refractivity contribution in [3.8, 4) is 0 Å². The largest absolute Gasteiger partial charge is 0.469 e. The predicted molar refractivity (Wildman–Crippen MR) is 93.3 cm³/mol. The van der Waals surface area contributed by atoms with Gasteiger partial charge in [-0.05, 0) is 25.3 Å². The second kappa shape index (κ2) is 9.55. The van der Waals surface area contributed by atoms with E-state index in [1.54, 1.807) is 19.1 Å². The number of hydrogen-bond donors (Lipinski definition) is 1. The zero-order valence-electron chi connectivity index (χ0n) is 14.3. The molecule has 2 atom stereocenters. The molecule has 0 heterocycles. The molecule has 0 saturated heterocycles. The molecule has 0 fully saturated rings. The third kappa shape index (κ3) is 5.26. The third-order valence-corrected chi connectivity index (χ3v) is 3.90. The summed E-state index contributed by atoms with van der Waals surface area (Å²) in [5.41, 5.74) is -0.0639. The van der Waals surface area contributed by atoms with Crippen LogP contribution in [-0.4, -0.2) is 25.2 Å². The Morgan fingerprint density at radius 3 is 2.46 bits per heavy atom. The average Bonchev–Trinajstić information content (AvgIpc) is 2.59. The monoisotopic (exact) mass is 331 g/mol. The van der Waals surface area contributed by atoms with Crippen molar-refractivity contribution < 1.29 is 19.1 Å². The molecule has 1 N–H and O–H groups in total. The van der Waals surface area contributed by atoms with E-state index >= 15 is 0 Å². The van der Waals surface area contributed by atoms with Gasteiger partial charge in [-0.1, -0.05) is 42.5 Å². The van der Waals surface area contributed by atoms with Crippen molar-refractivity contribution >= 4 is 12.1 Å². The van der Waals surface area contributed by atoms with E-state index in [0.717, 1.165) is 5.56 Å². The van der Waals surface area contributed by atoms with Crippen LogP contribution < -0.4 is 5.32 Å². The maximum atomic E-state index is 12.2. The van der Waals surface area contributed by atoms with Gasteiger partial charge in [-0.25, -0.2) is 4.79 Å². The van der Waals surface area contributed by atoms with E-state index in [4.69, 9.17) is 9.47 Å². The molecule has 1 amide bonds. The first-order valence-corrected chi connectivity index (χ1v) is 7.75. The summed E-state index contributed by atoms with van der Waals surface area (Å²) in [5.74, 6) is -0.419. The Balaban J connectivity index is 2.79. The highest BCUT2D eigenvalue weighted by atomic mass is 16.5. The Morgan fingerprint density at radius 2 is 1.92 bits per heavy atom. The second-order valence-corrected chi connectivity index (χ2v) is 5.68. The van der Waals surface area contributed by atoms with Crippen molar-refractivity contribution in [1.82, 2.24) is 5.32 Å². The summed E-state index contributed by atoms with van der Waals surface area (Å²) in [6.07, 6.45) is 3.44. The number of nitrogens with one attached hydrogen (secondary N) is 1. The number of alkyl carbamates (subject to hydrolysis) is 1. The van der Waals surface area contributed by atoms with Gasteiger partial charge in [-0.2, -0.15) is 0 Å². The van der Waals surface area contributed by atoms with Crippen molar-refractivity contribution in [2.75, 3.05) is 7.11 Å². The lowest BCUT2D eigenvalue weighted by molar-refractivity contribution is -0.153. The molecule has 1 aromatic rings. The van der Waals surface area contributed by atoms with E-state index in [0.29, 0.717) is 12.8 Å². The highest BCUT2D eigenvalue weighted by Crippen LogP contribution is 2.30. The molecule has 0 unspecified atom stereocenters. The van der Waals surface area contributed by atoms with E-state index in [9.17, 15) is 9.59 Å². The van der Waals surface area contributed by atoms with E-state index in [2.05, 4.69) is 18.5 Å². The number of amides is 1. The van der Waals surface area contributed by atoms with Crippen LogP contribution in [-0.2, 0) is 20.9 Å². The fourth-order valence-corrected chi connectivity index (χ4v) is 2.45. The van der Waals surface area contributed by atoms with Crippen LogP contribution in [0.3, 0.4) is 0 Å². The number of ether oxygens (including phenoxy) is 2. The molecule has 5 heteroatoms. The molecule has 0 aliphatic rings. The lowest BCUT2D eigenvalue weighted by Gasteiger charge is -2.34. The summed E-state index contributed by atoms with van der Waals surface area (Å²) in [4.78, 5) is 24.3. The fraction of sp³-hybridized carbons (Fsp3) is 0.368. The number of methoxy groups -OCH3 is 1. The van der Waals surface area contributed by atoms with Crippen molar-refractivity contribution in [3.05, 3.63) is 61.2 Å². The zero-order valence-corrected chi connectivity index (χ0v) is 14.3. The summed E-state index contributed by atoms with van der Waals surface area (Å²) in [6, 6.07) is 8.85. The topological polar surface area (TPSA) is 64.6 Å². The summed E-state index contributed by atoms with van der Waals surface area (Å²) in [5, 5.41) is 2.75. The van der Waals surface area contributed by atoms with E-state index < -0.39 is 23.5 Å². The van der Waals surface area contributed by atoms with Crippen LogP contribution in [0.4, 0.5) is 4.79 Å². The number of benzene rings is 1. The van der Waals surface area contributed by atoms with Gasteiger partial charge in [0.05, 0.1) is 18.6 Å². The normalized spacial score (nSPS) is 13.9. The smallest absolute Gasteiger partial charge is 0.407 e. The quantitative estimate of drug-likeness (QED) is 0.554. The summed E-state index contributed by atoms with van der Waals surface area (Å²) >= 11 is 0. The number of carbonyl (C=O) groups is 2. The minimum atomic E-state index is -0.948. The third-order valence-electron chi connectivity index (χ3n) is 3.90. The van der Waals surface area contributed by atoms with Gasteiger partial charge in [0.15, 0.2) is 0 Å². The number of rotatable bonds is 9. The van der Waals surface area contributed by atoms with E-state index in [1.807, 2.05) is 30.3 Å². The molecular formula is C19H25NO4. The number of hydrogen-bond acceptors (Lipinski definition) is 4. The van der Waals surface area contributed by atoms with Gasteiger partial charge < -0.3 is 14.8 Å². The average molecular weight is 331 g/mol. The molecule has 0 aromatic heterocycles. The first kappa shape index (κ1) is 19.5. The maximum absolute atomic E-state index is 12.2. The van der Waals surface area contributed by atoms with E-state index in [1.165, 1.54) is 7.11 Å². The first-order chi connectivity index (χ1) is 11.5. The minimum absolute atomic E-state index is 0.157. The van der Waals surface area contributed by atoms with Gasteiger partial charge >= 0.3 is 12.1 Å². The number of carbonyl (C=O) groups excluding carboxylic acids is 2. The van der Waals surface area contributed by atoms with Crippen molar-refractivity contribution in [1.29, 1.82) is 0 Å². The molecular weight excluding hydrogens is 306 g/mol. The maximum Gasteiger partial charge on any atom is 0.407 e. The molecule has 0 saturated carbocycles. The lowest BCUT2D eigenvalue weighted by Crippen LogP contribution is -2.50. The Hall–Kier alpha value is -2.56.